The molecule has 0 bridgehead atoms. The minimum atomic E-state index is -1.23. The number of aliphatic hydroxyl groups excluding tert-OH is 9. The van der Waals surface area contributed by atoms with Gasteiger partial charge in [0.2, 0.25) is 23.6 Å². The molecule has 0 aliphatic carbocycles. The maximum Gasteiger partial charge on any atom is 0.407 e. The van der Waals surface area contributed by atoms with E-state index in [1.807, 2.05) is 4.90 Å². The number of hydrogen-bond acceptors (Lipinski definition) is 31. The minimum absolute atomic E-state index is 0.00197. The van der Waals surface area contributed by atoms with Crippen molar-refractivity contribution in [2.24, 2.45) is 23.2 Å². The van der Waals surface area contributed by atoms with Gasteiger partial charge in [0.25, 0.3) is 0 Å². The highest BCUT2D eigenvalue weighted by Crippen LogP contribution is 2.42. The molecule has 36 nitrogen and oxygen atoms in total. The first kappa shape index (κ1) is 111. The molecule has 0 saturated carbocycles. The van der Waals surface area contributed by atoms with E-state index in [4.69, 9.17) is 52.1 Å². The number of hydrogen-bond donors (Lipinski definition) is 15. The summed E-state index contributed by atoms with van der Waals surface area (Å²) in [5.74, 6) is -1.36. The topological polar surface area (TPSA) is 513 Å². The summed E-state index contributed by atoms with van der Waals surface area (Å²) < 4.78 is 61.5. The van der Waals surface area contributed by atoms with Crippen LogP contribution in [-0.4, -0.2) is 327 Å². The number of rotatable bonds is 69. The summed E-state index contributed by atoms with van der Waals surface area (Å²) >= 11 is 0. The van der Waals surface area contributed by atoms with E-state index in [1.165, 1.54) is 0 Å². The Labute approximate surface area is 741 Å². The average molecular weight is 1820 g/mol. The van der Waals surface area contributed by atoms with Gasteiger partial charge in [0.05, 0.1) is 96.5 Å². The van der Waals surface area contributed by atoms with Crippen LogP contribution < -0.4 is 31.9 Å². The van der Waals surface area contributed by atoms with Gasteiger partial charge in [-0.05, 0) is 141 Å². The summed E-state index contributed by atoms with van der Waals surface area (Å²) in [5.41, 5.74) is -0.701. The van der Waals surface area contributed by atoms with E-state index in [9.17, 15) is 89.1 Å². The summed E-state index contributed by atoms with van der Waals surface area (Å²) in [6, 6.07) is -0.0295. The number of Topliss-reactive ketones (excluding diaryl/α,β-unsaturated/α-hetero) is 2. The first-order chi connectivity index (χ1) is 59.5. The van der Waals surface area contributed by atoms with Crippen molar-refractivity contribution in [1.82, 2.24) is 36.8 Å². The highest BCUT2D eigenvalue weighted by atomic mass is 33.1. The van der Waals surface area contributed by atoms with Crippen molar-refractivity contribution >= 4 is 75.1 Å². The Morgan fingerprint density at radius 3 is 1.13 bits per heavy atom. The lowest BCUT2D eigenvalue weighted by Crippen LogP contribution is -2.55. The van der Waals surface area contributed by atoms with Crippen LogP contribution >= 0.6 is 21.6 Å². The number of alkyl carbamates (subject to hydrolysis) is 3. The predicted molar refractivity (Wildman–Crippen MR) is 463 cm³/mol. The second-order valence-electron chi connectivity index (χ2n) is 34.0. The van der Waals surface area contributed by atoms with Gasteiger partial charge in [-0.15, -0.1) is 0 Å². The fourth-order valence-electron chi connectivity index (χ4n) is 15.4. The van der Waals surface area contributed by atoms with E-state index in [0.717, 1.165) is 64.2 Å². The zero-order chi connectivity index (χ0) is 91.1. The first-order valence-corrected chi connectivity index (χ1v) is 47.7. The molecule has 4 aliphatic heterocycles. The largest absolute Gasteiger partial charge is 0.450 e. The number of ether oxygens (including phenoxy) is 11. The van der Waals surface area contributed by atoms with Crippen LogP contribution in [-0.2, 0) is 80.9 Å². The van der Waals surface area contributed by atoms with Gasteiger partial charge in [-0.25, -0.2) is 14.4 Å². The molecule has 17 atom stereocenters. The Balaban J connectivity index is 1.28. The van der Waals surface area contributed by atoms with Gasteiger partial charge < -0.3 is 135 Å². The lowest BCUT2D eigenvalue weighted by molar-refractivity contribution is -0.282. The SMILES string of the molecule is COC[C@H]1C[C@H](OC)CN1C(=O)CCCCC(=O)CCC(C)(C)SSCCC(=O)CC(CCCOC(=O)NCCCCCCNC(=O)CCCOC1OC(CO)C(O)C(O)C1C)(CCCOC(=O)NCCCCCCNC(=O)CCCOC1OC(CO)C(O)C(O)C1C)CCCOC(=O)NCCCCCCNC(=O)CCCOC1OC(CO)C(O)C(O)C1C. The molecule has 720 valence electrons. The van der Waals surface area contributed by atoms with Crippen LogP contribution in [0.25, 0.3) is 0 Å². The molecule has 124 heavy (non-hydrogen) atoms. The van der Waals surface area contributed by atoms with Gasteiger partial charge in [0.15, 0.2) is 18.9 Å². The fraction of sp³-hybridized carbons (Fsp3) is 0.895. The van der Waals surface area contributed by atoms with Crippen molar-refractivity contribution in [1.29, 1.82) is 0 Å². The van der Waals surface area contributed by atoms with Crippen molar-refractivity contribution in [3.63, 3.8) is 0 Å². The Morgan fingerprint density at radius 2 is 0.774 bits per heavy atom. The molecule has 0 aromatic heterocycles. The molecule has 0 radical (unpaired) electrons. The standard InChI is InChI=1S/C86H155N7O29S2/c1-59-73(103)76(106)66(55-94)120-79(59)114-45-22-29-69(99)87-39-16-8-11-19-42-90-82(109)117-48-25-35-86(53-64(98)34-51-123-124-85(4,5)38-33-63(97)28-14-15-32-72(102)93-54-65(113-7)52-62(93)58-112-6,36-26-49-118-83(110)91-43-20-12-9-17-40-88-70(100)30-23-46-115-80-60(2)74(104)77(107)67(56-95)121-80)37-27-50-119-84(111)92-44-21-13-10-18-41-89-71(101)31-24-47-116-81-61(3)75(105)78(108)68(57-96)122-81/h59-62,65-68,73-81,94-96,103-108H,8-58H2,1-7H3,(H,87,99)(H,88,100)(H,89,101)(H,90,109)(H,91,110)(H,92,111)/t59?,60?,61?,62-,65+,66?,67?,68?,73?,74?,75?,76?,77?,78?,79?,80?,81?,86?/m1/s1. The number of nitrogens with one attached hydrogen (secondary N) is 6. The smallest absolute Gasteiger partial charge is 0.407 e. The van der Waals surface area contributed by atoms with Gasteiger partial charge in [-0.3, -0.25) is 28.8 Å². The lowest BCUT2D eigenvalue weighted by Gasteiger charge is -2.40. The zero-order valence-electron chi connectivity index (χ0n) is 74.8. The molecule has 7 amide bonds. The number of nitrogens with zero attached hydrogens (tertiary/aromatic N) is 1. The van der Waals surface area contributed by atoms with E-state index in [1.54, 1.807) is 56.6 Å². The first-order valence-electron chi connectivity index (χ1n) is 45.4. The molecule has 0 spiro atoms. The highest BCUT2D eigenvalue weighted by molar-refractivity contribution is 8.77. The summed E-state index contributed by atoms with van der Waals surface area (Å²) in [5, 5.41) is 107. The molecule has 38 heteroatoms. The van der Waals surface area contributed by atoms with Crippen molar-refractivity contribution in [2.75, 3.05) is 132 Å². The maximum absolute atomic E-state index is 14.4. The van der Waals surface area contributed by atoms with Gasteiger partial charge in [0, 0.05) is 140 Å². The molecule has 4 rings (SSSR count). The number of methoxy groups -OCH3 is 2. The molecule has 0 aromatic rings. The summed E-state index contributed by atoms with van der Waals surface area (Å²) in [6.07, 6.45) is 2.95. The van der Waals surface area contributed by atoms with Crippen LogP contribution in [0.15, 0.2) is 0 Å². The average Bonchev–Trinajstić information content (AvgIpc) is 1.17. The van der Waals surface area contributed by atoms with Crippen molar-refractivity contribution in [3.8, 4) is 0 Å². The molecular weight excluding hydrogens is 1660 g/mol. The van der Waals surface area contributed by atoms with Crippen molar-refractivity contribution in [2.45, 2.75) is 337 Å². The number of carbonyl (C=O) groups is 9. The third-order valence-electron chi connectivity index (χ3n) is 23.2. The van der Waals surface area contributed by atoms with Crippen molar-refractivity contribution in [3.05, 3.63) is 0 Å². The Bertz CT molecular complexity index is 2750. The molecule has 4 saturated heterocycles. The maximum atomic E-state index is 14.4. The molecule has 4 heterocycles. The minimum Gasteiger partial charge on any atom is -0.450 e. The fourth-order valence-corrected chi connectivity index (χ4v) is 18.0. The van der Waals surface area contributed by atoms with E-state index in [0.29, 0.717) is 174 Å². The third kappa shape index (κ3) is 45.5. The zero-order valence-corrected chi connectivity index (χ0v) is 76.5. The number of amides is 7. The number of likely N-dealkylation sites (tertiary alicyclic amines) is 1. The van der Waals surface area contributed by atoms with Crippen molar-refractivity contribution < 1.29 is 141 Å². The number of carbonyl (C=O) groups excluding carboxylic acids is 9. The molecule has 15 unspecified atom stereocenters. The van der Waals surface area contributed by atoms with E-state index >= 15 is 0 Å². The molecule has 4 fully saturated rings. The van der Waals surface area contributed by atoms with Gasteiger partial charge in [-0.1, -0.05) is 80.9 Å². The van der Waals surface area contributed by atoms with Gasteiger partial charge in [0.1, 0.15) is 48.2 Å². The second kappa shape index (κ2) is 64.7. The summed E-state index contributed by atoms with van der Waals surface area (Å²) in [4.78, 5) is 119. The van der Waals surface area contributed by atoms with E-state index < -0.39 is 135 Å². The summed E-state index contributed by atoms with van der Waals surface area (Å²) in [7, 11) is 6.45. The van der Waals surface area contributed by atoms with Crippen LogP contribution in [0.2, 0.25) is 0 Å². The monoisotopic (exact) mass is 1810 g/mol. The predicted octanol–water partition coefficient (Wildman–Crippen LogP) is 5.82. The Hall–Kier alpha value is -4.95. The normalized spacial score (nSPS) is 25.1. The second-order valence-corrected chi connectivity index (χ2v) is 37.2. The van der Waals surface area contributed by atoms with Gasteiger partial charge in [-0.2, -0.15) is 0 Å². The quantitative estimate of drug-likeness (QED) is 0.0194. The number of unbranched alkanes of at least 4 members (excludes halogenated alkanes) is 10. The molecule has 0 aromatic carbocycles. The van der Waals surface area contributed by atoms with Crippen LogP contribution in [0.3, 0.4) is 0 Å². The number of aliphatic hydroxyl groups is 9. The van der Waals surface area contributed by atoms with Crippen LogP contribution in [0.5, 0.6) is 0 Å². The number of ketones is 2. The molecule has 15 N–H and O–H groups in total. The van der Waals surface area contributed by atoms with Crippen LogP contribution in [0.4, 0.5) is 14.4 Å². The van der Waals surface area contributed by atoms with Crippen LogP contribution in [0.1, 0.15) is 247 Å². The molecule has 4 aliphatic rings. The Morgan fingerprint density at radius 1 is 0.411 bits per heavy atom. The summed E-state index contributed by atoms with van der Waals surface area (Å²) in [6.45, 7) is 11.9. The van der Waals surface area contributed by atoms with E-state index in [-0.39, 0.29) is 124 Å². The van der Waals surface area contributed by atoms with E-state index in [2.05, 4.69) is 45.7 Å². The third-order valence-corrected chi connectivity index (χ3v) is 26.6. The highest BCUT2D eigenvalue weighted by Gasteiger charge is 2.46. The molecular formula is C86H155N7O29S2. The van der Waals surface area contributed by atoms with Gasteiger partial charge >= 0.3 is 18.3 Å². The lowest BCUT2D eigenvalue weighted by atomic mass is 9.71. The van der Waals surface area contributed by atoms with Crippen LogP contribution in [0, 0.1) is 23.2 Å². The Kier molecular flexibility index (Phi) is 58.2.